The van der Waals surface area contributed by atoms with E-state index in [1.54, 1.807) is 12.3 Å². The summed E-state index contributed by atoms with van der Waals surface area (Å²) in [6.07, 6.45) is 9.45. The van der Waals surface area contributed by atoms with Crippen molar-refractivity contribution >= 4 is 0 Å². The second-order valence-corrected chi connectivity index (χ2v) is 2.18. The Balaban J connectivity index is 2.24. The van der Waals surface area contributed by atoms with Crippen molar-refractivity contribution in [3.05, 3.63) is 36.6 Å². The van der Waals surface area contributed by atoms with Gasteiger partial charge in [-0.3, -0.25) is 4.84 Å². The minimum Gasteiger partial charge on any atom is -0.345 e. The van der Waals surface area contributed by atoms with Crippen LogP contribution in [0.2, 0.25) is 0 Å². The van der Waals surface area contributed by atoms with Crippen LogP contribution in [0.3, 0.4) is 0 Å². The SMILES string of the molecule is CON1C=CC=C2NC=CN21. The number of hydrogen-bond donors (Lipinski definition) is 1. The second-order valence-electron chi connectivity index (χ2n) is 2.18. The van der Waals surface area contributed by atoms with Crippen molar-refractivity contribution in [2.24, 2.45) is 0 Å². The lowest BCUT2D eigenvalue weighted by Crippen LogP contribution is -2.35. The summed E-state index contributed by atoms with van der Waals surface area (Å²) in [5, 5.41) is 6.55. The maximum Gasteiger partial charge on any atom is 0.131 e. The first-order chi connectivity index (χ1) is 5.42. The normalized spacial score (nSPS) is 19.9. The Kier molecular flexibility index (Phi) is 1.33. The molecule has 0 unspecified atom stereocenters. The van der Waals surface area contributed by atoms with E-state index in [4.69, 9.17) is 4.84 Å². The van der Waals surface area contributed by atoms with E-state index in [1.165, 1.54) is 0 Å². The number of rotatable bonds is 1. The summed E-state index contributed by atoms with van der Waals surface area (Å²) in [6, 6.07) is 0. The largest absolute Gasteiger partial charge is 0.345 e. The van der Waals surface area contributed by atoms with Gasteiger partial charge in [0, 0.05) is 12.4 Å². The highest BCUT2D eigenvalue weighted by molar-refractivity contribution is 5.20. The number of hydrogen-bond acceptors (Lipinski definition) is 4. The zero-order valence-corrected chi connectivity index (χ0v) is 6.19. The van der Waals surface area contributed by atoms with Gasteiger partial charge < -0.3 is 5.32 Å². The van der Waals surface area contributed by atoms with Crippen LogP contribution in [-0.4, -0.2) is 17.3 Å². The standard InChI is InChI=1S/C7H9N3O/c1-11-10-5-2-3-7-8-4-6-9(7)10/h2-6,8H,1H3. The van der Waals surface area contributed by atoms with Crippen LogP contribution < -0.4 is 5.32 Å². The molecule has 2 rings (SSSR count). The highest BCUT2D eigenvalue weighted by Gasteiger charge is 2.18. The molecule has 0 aromatic rings. The van der Waals surface area contributed by atoms with Crippen molar-refractivity contribution < 1.29 is 4.84 Å². The highest BCUT2D eigenvalue weighted by Crippen LogP contribution is 2.16. The van der Waals surface area contributed by atoms with Gasteiger partial charge in [0.2, 0.25) is 0 Å². The maximum atomic E-state index is 5.05. The van der Waals surface area contributed by atoms with E-state index in [9.17, 15) is 0 Å². The zero-order chi connectivity index (χ0) is 7.68. The molecule has 0 spiro atoms. The number of fused-ring (bicyclic) bond motifs is 1. The van der Waals surface area contributed by atoms with Crippen LogP contribution in [0, 0.1) is 0 Å². The molecule has 0 bridgehead atoms. The van der Waals surface area contributed by atoms with Gasteiger partial charge in [-0.2, -0.15) is 5.17 Å². The molecule has 0 aromatic carbocycles. The second kappa shape index (κ2) is 2.32. The lowest BCUT2D eigenvalue weighted by Gasteiger charge is -2.30. The average Bonchev–Trinajstić information content (AvgIpc) is 2.50. The molecule has 11 heavy (non-hydrogen) atoms. The predicted molar refractivity (Wildman–Crippen MR) is 40.2 cm³/mol. The minimum atomic E-state index is 0.995. The molecule has 0 saturated carbocycles. The summed E-state index contributed by atoms with van der Waals surface area (Å²) >= 11 is 0. The van der Waals surface area contributed by atoms with Gasteiger partial charge in [-0.25, -0.2) is 5.01 Å². The maximum absolute atomic E-state index is 5.05. The van der Waals surface area contributed by atoms with Crippen molar-refractivity contribution in [2.75, 3.05) is 7.11 Å². The first-order valence-electron chi connectivity index (χ1n) is 3.36. The summed E-state index contributed by atoms with van der Waals surface area (Å²) < 4.78 is 0. The Labute approximate surface area is 65.0 Å². The molecule has 0 saturated heterocycles. The van der Waals surface area contributed by atoms with Crippen LogP contribution in [0.15, 0.2) is 36.6 Å². The molecule has 0 aliphatic carbocycles. The first-order valence-corrected chi connectivity index (χ1v) is 3.36. The van der Waals surface area contributed by atoms with Crippen molar-refractivity contribution in [3.63, 3.8) is 0 Å². The van der Waals surface area contributed by atoms with Crippen LogP contribution in [0.5, 0.6) is 0 Å². The van der Waals surface area contributed by atoms with Gasteiger partial charge in [0.25, 0.3) is 0 Å². The third-order valence-corrected chi connectivity index (χ3v) is 1.56. The molecule has 0 radical (unpaired) electrons. The number of allylic oxidation sites excluding steroid dienone is 2. The molecule has 2 aliphatic heterocycles. The summed E-state index contributed by atoms with van der Waals surface area (Å²) in [5.41, 5.74) is 0. The zero-order valence-electron chi connectivity index (χ0n) is 6.19. The topological polar surface area (TPSA) is 27.7 Å². The van der Waals surface area contributed by atoms with E-state index in [0.29, 0.717) is 0 Å². The van der Waals surface area contributed by atoms with E-state index in [1.807, 2.05) is 35.8 Å². The van der Waals surface area contributed by atoms with Crippen LogP contribution >= 0.6 is 0 Å². The van der Waals surface area contributed by atoms with Crippen molar-refractivity contribution in [1.29, 1.82) is 0 Å². The van der Waals surface area contributed by atoms with E-state index >= 15 is 0 Å². The van der Waals surface area contributed by atoms with Crippen molar-refractivity contribution in [2.45, 2.75) is 0 Å². The van der Waals surface area contributed by atoms with E-state index in [2.05, 4.69) is 5.32 Å². The fourth-order valence-corrected chi connectivity index (χ4v) is 1.06. The van der Waals surface area contributed by atoms with Crippen molar-refractivity contribution in [1.82, 2.24) is 15.5 Å². The van der Waals surface area contributed by atoms with Gasteiger partial charge in [0.05, 0.1) is 13.3 Å². The lowest BCUT2D eigenvalue weighted by molar-refractivity contribution is -0.196. The summed E-state index contributed by atoms with van der Waals surface area (Å²) in [7, 11) is 1.62. The number of nitrogens with zero attached hydrogens (tertiary/aromatic N) is 2. The summed E-state index contributed by atoms with van der Waals surface area (Å²) in [5.74, 6) is 0.995. The van der Waals surface area contributed by atoms with Gasteiger partial charge >= 0.3 is 0 Å². The number of nitrogens with one attached hydrogen (secondary N) is 1. The van der Waals surface area contributed by atoms with E-state index < -0.39 is 0 Å². The molecule has 2 aliphatic rings. The molecular weight excluding hydrogens is 142 g/mol. The quantitative estimate of drug-likeness (QED) is 0.591. The Hall–Kier alpha value is -1.42. The van der Waals surface area contributed by atoms with Crippen LogP contribution in [0.25, 0.3) is 0 Å². The van der Waals surface area contributed by atoms with Crippen LogP contribution in [-0.2, 0) is 4.84 Å². The van der Waals surface area contributed by atoms with Crippen LogP contribution in [0.4, 0.5) is 0 Å². The molecule has 1 N–H and O–H groups in total. The number of hydroxylamine groups is 1. The van der Waals surface area contributed by atoms with E-state index in [-0.39, 0.29) is 0 Å². The van der Waals surface area contributed by atoms with Crippen LogP contribution in [0.1, 0.15) is 0 Å². The average molecular weight is 151 g/mol. The van der Waals surface area contributed by atoms with E-state index in [0.717, 1.165) is 5.82 Å². The Morgan fingerprint density at radius 2 is 2.36 bits per heavy atom. The first kappa shape index (κ1) is 6.30. The fourth-order valence-electron chi connectivity index (χ4n) is 1.06. The molecule has 0 fully saturated rings. The molecule has 58 valence electrons. The smallest absolute Gasteiger partial charge is 0.131 e. The van der Waals surface area contributed by atoms with Gasteiger partial charge in [-0.1, -0.05) is 0 Å². The minimum absolute atomic E-state index is 0.995. The van der Waals surface area contributed by atoms with Crippen molar-refractivity contribution in [3.8, 4) is 0 Å². The fraction of sp³-hybridized carbons (Fsp3) is 0.143. The monoisotopic (exact) mass is 151 g/mol. The predicted octanol–water partition coefficient (Wildman–Crippen LogP) is 0.510. The summed E-state index contributed by atoms with van der Waals surface area (Å²) in [4.78, 5) is 5.05. The lowest BCUT2D eigenvalue weighted by atomic mass is 10.5. The van der Waals surface area contributed by atoms with Gasteiger partial charge in [-0.05, 0) is 12.2 Å². The summed E-state index contributed by atoms with van der Waals surface area (Å²) in [6.45, 7) is 0. The third-order valence-electron chi connectivity index (χ3n) is 1.56. The highest BCUT2D eigenvalue weighted by atomic mass is 16.7. The Morgan fingerprint density at radius 3 is 3.18 bits per heavy atom. The third kappa shape index (κ3) is 0.877. The molecule has 0 aromatic heterocycles. The Morgan fingerprint density at radius 1 is 1.45 bits per heavy atom. The molecule has 0 amide bonds. The molecule has 2 heterocycles. The molecule has 4 nitrogen and oxygen atoms in total. The van der Waals surface area contributed by atoms with Gasteiger partial charge in [-0.15, -0.1) is 0 Å². The molecular formula is C7H9N3O. The molecule has 0 atom stereocenters. The Bertz CT molecular complexity index is 244. The number of hydrazine groups is 1. The van der Waals surface area contributed by atoms with Gasteiger partial charge in [0.1, 0.15) is 5.82 Å². The molecule has 4 heteroatoms. The van der Waals surface area contributed by atoms with Gasteiger partial charge in [0.15, 0.2) is 0 Å².